The molecule has 0 aliphatic rings. The van der Waals surface area contributed by atoms with E-state index in [1.165, 1.54) is 18.2 Å². The molecule has 6 nitrogen and oxygen atoms in total. The summed E-state index contributed by atoms with van der Waals surface area (Å²) < 4.78 is 13.7. The summed E-state index contributed by atoms with van der Waals surface area (Å²) in [6.07, 6.45) is 0. The zero-order valence-electron chi connectivity index (χ0n) is 10.5. The quantitative estimate of drug-likeness (QED) is 0.516. The lowest BCUT2D eigenvalue weighted by Gasteiger charge is -2.08. The molecular formula is C13H9ClFN3O3. The molecule has 0 bridgehead atoms. The van der Waals surface area contributed by atoms with E-state index in [4.69, 9.17) is 17.3 Å². The van der Waals surface area contributed by atoms with Gasteiger partial charge in [-0.25, -0.2) is 4.39 Å². The Bertz CT molecular complexity index is 737. The molecule has 0 saturated heterocycles. The molecule has 0 saturated carbocycles. The van der Waals surface area contributed by atoms with Gasteiger partial charge in [0, 0.05) is 16.8 Å². The predicted molar refractivity (Wildman–Crippen MR) is 76.9 cm³/mol. The largest absolute Gasteiger partial charge is 0.398 e. The summed E-state index contributed by atoms with van der Waals surface area (Å²) in [6.45, 7) is 0. The van der Waals surface area contributed by atoms with E-state index in [1.54, 1.807) is 0 Å². The highest BCUT2D eigenvalue weighted by atomic mass is 35.5. The summed E-state index contributed by atoms with van der Waals surface area (Å²) in [6, 6.07) is 7.21. The van der Waals surface area contributed by atoms with E-state index >= 15 is 0 Å². The molecule has 0 aromatic heterocycles. The minimum atomic E-state index is -0.918. The normalized spacial score (nSPS) is 10.2. The number of carbonyl (C=O) groups is 1. The number of hydrogen-bond donors (Lipinski definition) is 2. The van der Waals surface area contributed by atoms with Crippen LogP contribution in [0, 0.1) is 15.9 Å². The average molecular weight is 310 g/mol. The van der Waals surface area contributed by atoms with E-state index in [1.807, 2.05) is 0 Å². The lowest BCUT2D eigenvalue weighted by atomic mass is 10.1. The van der Waals surface area contributed by atoms with Gasteiger partial charge in [-0.3, -0.25) is 14.9 Å². The topological polar surface area (TPSA) is 98.3 Å². The van der Waals surface area contributed by atoms with Crippen LogP contribution in [0.25, 0.3) is 0 Å². The number of nitrogen functional groups attached to an aromatic ring is 1. The predicted octanol–water partition coefficient (Wildman–Crippen LogP) is 3.22. The fourth-order valence-electron chi connectivity index (χ4n) is 1.63. The van der Waals surface area contributed by atoms with Crippen molar-refractivity contribution in [3.63, 3.8) is 0 Å². The Hall–Kier alpha value is -2.67. The van der Waals surface area contributed by atoms with Gasteiger partial charge in [0.1, 0.15) is 0 Å². The Morgan fingerprint density at radius 2 is 2.00 bits per heavy atom. The maximum atomic E-state index is 13.7. The second kappa shape index (κ2) is 5.76. The van der Waals surface area contributed by atoms with Crippen LogP contribution < -0.4 is 11.1 Å². The Balaban J connectivity index is 2.27. The van der Waals surface area contributed by atoms with E-state index < -0.39 is 22.3 Å². The van der Waals surface area contributed by atoms with Crippen LogP contribution in [-0.2, 0) is 0 Å². The molecule has 0 atom stereocenters. The molecule has 2 aromatic carbocycles. The number of nitro groups is 1. The molecule has 0 radical (unpaired) electrons. The van der Waals surface area contributed by atoms with Crippen LogP contribution in [-0.4, -0.2) is 10.8 Å². The zero-order valence-corrected chi connectivity index (χ0v) is 11.2. The summed E-state index contributed by atoms with van der Waals surface area (Å²) in [5.41, 5.74) is 5.31. The fourth-order valence-corrected chi connectivity index (χ4v) is 1.81. The van der Waals surface area contributed by atoms with Crippen molar-refractivity contribution in [2.45, 2.75) is 0 Å². The van der Waals surface area contributed by atoms with Gasteiger partial charge in [-0.2, -0.15) is 0 Å². The van der Waals surface area contributed by atoms with E-state index in [0.29, 0.717) is 5.02 Å². The molecule has 3 N–H and O–H groups in total. The van der Waals surface area contributed by atoms with Crippen LogP contribution >= 0.6 is 11.6 Å². The van der Waals surface area contributed by atoms with Gasteiger partial charge >= 0.3 is 0 Å². The van der Waals surface area contributed by atoms with E-state index in [9.17, 15) is 19.3 Å². The molecule has 108 valence electrons. The van der Waals surface area contributed by atoms with Crippen molar-refractivity contribution in [1.82, 2.24) is 0 Å². The number of rotatable bonds is 3. The Labute approximate surface area is 123 Å². The lowest BCUT2D eigenvalue weighted by molar-refractivity contribution is -0.385. The molecule has 0 spiro atoms. The molecule has 0 fully saturated rings. The van der Waals surface area contributed by atoms with Crippen molar-refractivity contribution < 1.29 is 14.1 Å². The van der Waals surface area contributed by atoms with Gasteiger partial charge in [0.15, 0.2) is 5.82 Å². The third-order valence-corrected chi connectivity index (χ3v) is 2.91. The molecule has 0 heterocycles. The molecule has 0 unspecified atom stereocenters. The zero-order chi connectivity index (χ0) is 15.6. The van der Waals surface area contributed by atoms with Gasteiger partial charge < -0.3 is 11.1 Å². The first kappa shape index (κ1) is 14.7. The van der Waals surface area contributed by atoms with Crippen molar-refractivity contribution in [2.24, 2.45) is 0 Å². The Morgan fingerprint density at radius 1 is 1.29 bits per heavy atom. The first-order valence-electron chi connectivity index (χ1n) is 5.69. The summed E-state index contributed by atoms with van der Waals surface area (Å²) in [5.74, 6) is -1.58. The number of halogens is 2. The van der Waals surface area contributed by atoms with Crippen LogP contribution in [0.15, 0.2) is 36.4 Å². The second-order valence-electron chi connectivity index (χ2n) is 4.11. The Morgan fingerprint density at radius 3 is 2.62 bits per heavy atom. The van der Waals surface area contributed by atoms with Gasteiger partial charge in [-0.15, -0.1) is 0 Å². The smallest absolute Gasteiger partial charge is 0.272 e. The molecule has 2 aromatic rings. The van der Waals surface area contributed by atoms with Gasteiger partial charge in [0.25, 0.3) is 11.6 Å². The highest BCUT2D eigenvalue weighted by Gasteiger charge is 2.15. The second-order valence-corrected chi connectivity index (χ2v) is 4.54. The van der Waals surface area contributed by atoms with Crippen LogP contribution in [0.4, 0.5) is 21.5 Å². The summed E-state index contributed by atoms with van der Waals surface area (Å²) in [7, 11) is 0. The highest BCUT2D eigenvalue weighted by molar-refractivity contribution is 6.31. The van der Waals surface area contributed by atoms with Crippen LogP contribution in [0.1, 0.15) is 10.4 Å². The number of nitrogens with zero attached hydrogens (tertiary/aromatic N) is 1. The van der Waals surface area contributed by atoms with Gasteiger partial charge in [0.2, 0.25) is 0 Å². The average Bonchev–Trinajstić information content (AvgIpc) is 2.43. The number of benzene rings is 2. The third-order valence-electron chi connectivity index (χ3n) is 2.67. The number of hydrogen-bond acceptors (Lipinski definition) is 4. The van der Waals surface area contributed by atoms with E-state index in [-0.39, 0.29) is 16.9 Å². The molecular weight excluding hydrogens is 301 g/mol. The van der Waals surface area contributed by atoms with Crippen molar-refractivity contribution in [3.05, 3.63) is 62.9 Å². The van der Waals surface area contributed by atoms with Crippen LogP contribution in [0.2, 0.25) is 5.02 Å². The van der Waals surface area contributed by atoms with Crippen molar-refractivity contribution in [1.29, 1.82) is 0 Å². The monoisotopic (exact) mass is 309 g/mol. The molecule has 0 aliphatic carbocycles. The van der Waals surface area contributed by atoms with Gasteiger partial charge in [-0.05, 0) is 24.3 Å². The first-order chi connectivity index (χ1) is 9.88. The summed E-state index contributed by atoms with van der Waals surface area (Å²) in [5, 5.41) is 13.1. The number of non-ortho nitro benzene ring substituents is 1. The number of nitro benzene ring substituents is 1. The molecule has 8 heteroatoms. The van der Waals surface area contributed by atoms with Crippen molar-refractivity contribution in [3.8, 4) is 0 Å². The molecule has 21 heavy (non-hydrogen) atoms. The number of anilines is 2. The fraction of sp³-hybridized carbons (Fsp3) is 0. The van der Waals surface area contributed by atoms with E-state index in [0.717, 1.165) is 18.2 Å². The maximum absolute atomic E-state index is 13.7. The van der Waals surface area contributed by atoms with Crippen molar-refractivity contribution >= 4 is 34.6 Å². The standard InChI is InChI=1S/C13H9ClFN3O3/c14-7-1-3-11(16)9(5-7)13(19)17-12-4-2-8(18(20)21)6-10(12)15/h1-6H,16H2,(H,17,19). The van der Waals surface area contributed by atoms with Crippen LogP contribution in [0.3, 0.4) is 0 Å². The number of nitrogens with two attached hydrogens (primary N) is 1. The minimum absolute atomic E-state index is 0.0836. The molecule has 0 aliphatic heterocycles. The lowest BCUT2D eigenvalue weighted by Crippen LogP contribution is -2.15. The minimum Gasteiger partial charge on any atom is -0.398 e. The number of nitrogens with one attached hydrogen (secondary N) is 1. The highest BCUT2D eigenvalue weighted by Crippen LogP contribution is 2.23. The summed E-state index contributed by atoms with van der Waals surface area (Å²) >= 11 is 5.77. The van der Waals surface area contributed by atoms with Gasteiger partial charge in [0.05, 0.1) is 22.2 Å². The van der Waals surface area contributed by atoms with Gasteiger partial charge in [-0.1, -0.05) is 11.6 Å². The third kappa shape index (κ3) is 3.26. The first-order valence-corrected chi connectivity index (χ1v) is 6.06. The number of amides is 1. The molecule has 2 rings (SSSR count). The van der Waals surface area contributed by atoms with Crippen molar-refractivity contribution in [2.75, 3.05) is 11.1 Å². The maximum Gasteiger partial charge on any atom is 0.272 e. The molecule has 1 amide bonds. The Kier molecular flexibility index (Phi) is 4.04. The number of carbonyl (C=O) groups excluding carboxylic acids is 1. The van der Waals surface area contributed by atoms with E-state index in [2.05, 4.69) is 5.32 Å². The SMILES string of the molecule is Nc1ccc(Cl)cc1C(=O)Nc1ccc([N+](=O)[O-])cc1F. The summed E-state index contributed by atoms with van der Waals surface area (Å²) in [4.78, 5) is 21.8. The van der Waals surface area contributed by atoms with Crippen LogP contribution in [0.5, 0.6) is 0 Å².